The number of nitrogens with zero attached hydrogens (tertiary/aromatic N) is 4. The fourth-order valence-electron chi connectivity index (χ4n) is 6.17. The summed E-state index contributed by atoms with van der Waals surface area (Å²) in [4.78, 5) is 32.3. The van der Waals surface area contributed by atoms with Gasteiger partial charge in [0.15, 0.2) is 0 Å². The van der Waals surface area contributed by atoms with E-state index in [0.717, 1.165) is 71.1 Å². The topological polar surface area (TPSA) is 67.3 Å². The first kappa shape index (κ1) is 20.0. The highest BCUT2D eigenvalue weighted by molar-refractivity contribution is 5.81. The molecule has 1 atom stereocenters. The molecule has 0 aromatic rings. The third-order valence-electron chi connectivity index (χ3n) is 7.80. The van der Waals surface area contributed by atoms with Crippen LogP contribution in [0.1, 0.15) is 51.4 Å². The second kappa shape index (κ2) is 7.82. The van der Waals surface area contributed by atoms with Gasteiger partial charge in [0.25, 0.3) is 0 Å². The Morgan fingerprint density at radius 1 is 0.964 bits per heavy atom. The molecular weight excluding hydrogens is 356 g/mol. The Kier molecular flexibility index (Phi) is 5.58. The Hall–Kier alpha value is -1.34. The second-order valence-corrected chi connectivity index (χ2v) is 9.77. The molecule has 4 rings (SSSR count). The quantitative estimate of drug-likeness (QED) is 0.795. The van der Waals surface area contributed by atoms with Crippen molar-refractivity contribution >= 4 is 12.0 Å². The van der Waals surface area contributed by atoms with Crippen molar-refractivity contribution in [2.24, 2.45) is 5.41 Å². The van der Waals surface area contributed by atoms with Crippen LogP contribution >= 0.6 is 0 Å². The summed E-state index contributed by atoms with van der Waals surface area (Å²) in [7, 11) is 3.75. The molecule has 0 aromatic carbocycles. The Morgan fingerprint density at radius 3 is 2.29 bits per heavy atom. The Morgan fingerprint density at radius 2 is 1.68 bits per heavy atom. The highest BCUT2D eigenvalue weighted by Crippen LogP contribution is 2.50. The predicted octanol–water partition coefficient (Wildman–Crippen LogP) is 1.93. The Labute approximate surface area is 168 Å². The zero-order valence-electron chi connectivity index (χ0n) is 17.5. The number of hydrogen-bond donors (Lipinski definition) is 1. The van der Waals surface area contributed by atoms with E-state index in [0.29, 0.717) is 18.6 Å². The molecule has 0 unspecified atom stereocenters. The third kappa shape index (κ3) is 3.75. The molecule has 3 saturated heterocycles. The molecule has 4 fully saturated rings. The number of piperidine rings is 2. The van der Waals surface area contributed by atoms with Crippen molar-refractivity contribution < 1.29 is 14.7 Å². The molecule has 1 aliphatic carbocycles. The molecule has 158 valence electrons. The first-order chi connectivity index (χ1) is 13.4. The summed E-state index contributed by atoms with van der Waals surface area (Å²) in [5.41, 5.74) is 0.260. The zero-order valence-corrected chi connectivity index (χ0v) is 17.5. The molecule has 1 N–H and O–H groups in total. The summed E-state index contributed by atoms with van der Waals surface area (Å²) in [6.45, 7) is 4.74. The highest BCUT2D eigenvalue weighted by Gasteiger charge is 2.51. The van der Waals surface area contributed by atoms with Crippen molar-refractivity contribution in [1.82, 2.24) is 19.6 Å². The van der Waals surface area contributed by atoms with E-state index in [4.69, 9.17) is 0 Å². The molecule has 0 aromatic heterocycles. The molecule has 0 bridgehead atoms. The van der Waals surface area contributed by atoms with Crippen LogP contribution in [-0.2, 0) is 4.79 Å². The van der Waals surface area contributed by atoms with Gasteiger partial charge in [-0.2, -0.15) is 0 Å². The monoisotopic (exact) mass is 392 g/mol. The van der Waals surface area contributed by atoms with E-state index in [1.807, 2.05) is 14.1 Å². The minimum atomic E-state index is -0.760. The van der Waals surface area contributed by atoms with Crippen LogP contribution in [0.3, 0.4) is 0 Å². The van der Waals surface area contributed by atoms with Crippen molar-refractivity contribution in [3.8, 4) is 0 Å². The van der Waals surface area contributed by atoms with E-state index in [2.05, 4.69) is 9.80 Å². The number of likely N-dealkylation sites (tertiary alicyclic amines) is 3. The maximum Gasteiger partial charge on any atom is 0.407 e. The summed E-state index contributed by atoms with van der Waals surface area (Å²) in [6, 6.07) is 1.25. The standard InChI is InChI=1S/C21H36N4O3/c1-22(2)19(26)18-5-3-4-9-25(18)16-6-10-23(11-7-16)17-13-21(14-17)8-12-24(15-21)20(27)28/h16-18H,3-15H2,1-2H3,(H,27,28)/t17?,18-,21?/m1/s1. The summed E-state index contributed by atoms with van der Waals surface area (Å²) < 4.78 is 0. The third-order valence-corrected chi connectivity index (χ3v) is 7.80. The first-order valence-electron chi connectivity index (χ1n) is 11.1. The first-order valence-corrected chi connectivity index (χ1v) is 11.1. The van der Waals surface area contributed by atoms with Crippen molar-refractivity contribution in [3.63, 3.8) is 0 Å². The number of likely N-dealkylation sites (N-methyl/N-ethyl adjacent to an activating group) is 1. The number of carbonyl (C=O) groups is 2. The lowest BCUT2D eigenvalue weighted by molar-refractivity contribution is -0.137. The van der Waals surface area contributed by atoms with E-state index in [1.165, 1.54) is 6.42 Å². The van der Waals surface area contributed by atoms with E-state index >= 15 is 0 Å². The van der Waals surface area contributed by atoms with Gasteiger partial charge in [0, 0.05) is 39.3 Å². The van der Waals surface area contributed by atoms with Crippen molar-refractivity contribution in [3.05, 3.63) is 0 Å². The maximum atomic E-state index is 12.6. The fourth-order valence-corrected chi connectivity index (χ4v) is 6.17. The van der Waals surface area contributed by atoms with Crippen LogP contribution < -0.4 is 0 Å². The average molecular weight is 393 g/mol. The van der Waals surface area contributed by atoms with E-state index in [9.17, 15) is 14.7 Å². The van der Waals surface area contributed by atoms with Gasteiger partial charge in [-0.3, -0.25) is 9.69 Å². The molecule has 28 heavy (non-hydrogen) atoms. The Balaban J connectivity index is 1.27. The van der Waals surface area contributed by atoms with Gasteiger partial charge in [0.1, 0.15) is 0 Å². The van der Waals surface area contributed by atoms with Gasteiger partial charge in [-0.15, -0.1) is 0 Å². The van der Waals surface area contributed by atoms with Gasteiger partial charge in [-0.1, -0.05) is 6.42 Å². The van der Waals surface area contributed by atoms with Crippen LogP contribution in [0.15, 0.2) is 0 Å². The summed E-state index contributed by atoms with van der Waals surface area (Å²) in [6.07, 6.45) is 8.28. The van der Waals surface area contributed by atoms with Gasteiger partial charge in [-0.25, -0.2) is 4.79 Å². The number of carbonyl (C=O) groups excluding carboxylic acids is 1. The largest absolute Gasteiger partial charge is 0.465 e. The number of hydrogen-bond acceptors (Lipinski definition) is 4. The van der Waals surface area contributed by atoms with E-state index in [-0.39, 0.29) is 17.4 Å². The molecule has 4 aliphatic rings. The average Bonchev–Trinajstić information content (AvgIpc) is 3.12. The minimum Gasteiger partial charge on any atom is -0.465 e. The normalized spacial score (nSPS) is 35.1. The minimum absolute atomic E-state index is 0.0766. The zero-order chi connectivity index (χ0) is 19.9. The van der Waals surface area contributed by atoms with Gasteiger partial charge >= 0.3 is 6.09 Å². The molecule has 7 nitrogen and oxygen atoms in total. The lowest BCUT2D eigenvalue weighted by atomic mass is 9.64. The molecule has 2 amide bonds. The van der Waals surface area contributed by atoms with Crippen molar-refractivity contribution in [1.29, 1.82) is 0 Å². The molecule has 1 saturated carbocycles. The number of amides is 2. The van der Waals surface area contributed by atoms with Crippen molar-refractivity contribution in [2.45, 2.75) is 69.5 Å². The summed E-state index contributed by atoms with van der Waals surface area (Å²) >= 11 is 0. The smallest absolute Gasteiger partial charge is 0.407 e. The SMILES string of the molecule is CN(C)C(=O)[C@H]1CCCCN1C1CCN(C2CC3(CCN(C(=O)O)C3)C2)CC1. The lowest BCUT2D eigenvalue weighted by Gasteiger charge is -2.53. The van der Waals surface area contributed by atoms with Crippen LogP contribution in [0.4, 0.5) is 4.79 Å². The van der Waals surface area contributed by atoms with Gasteiger partial charge in [0.05, 0.1) is 6.04 Å². The molecule has 7 heteroatoms. The Bertz CT molecular complexity index is 596. The number of rotatable bonds is 3. The van der Waals surface area contributed by atoms with Gasteiger partial charge in [0.2, 0.25) is 5.91 Å². The molecule has 3 aliphatic heterocycles. The van der Waals surface area contributed by atoms with Crippen LogP contribution in [0.25, 0.3) is 0 Å². The van der Waals surface area contributed by atoms with E-state index in [1.54, 1.807) is 9.80 Å². The molecule has 1 spiro atoms. The maximum absolute atomic E-state index is 12.6. The van der Waals surface area contributed by atoms with E-state index < -0.39 is 6.09 Å². The van der Waals surface area contributed by atoms with Crippen LogP contribution in [0, 0.1) is 5.41 Å². The van der Waals surface area contributed by atoms with Gasteiger partial charge < -0.3 is 19.8 Å². The van der Waals surface area contributed by atoms with Crippen molar-refractivity contribution in [2.75, 3.05) is 46.8 Å². The lowest BCUT2D eigenvalue weighted by Crippen LogP contribution is -2.58. The fraction of sp³-hybridized carbons (Fsp3) is 0.905. The second-order valence-electron chi connectivity index (χ2n) is 9.77. The molecule has 3 heterocycles. The number of carboxylic acid groups (broad SMARTS) is 1. The highest BCUT2D eigenvalue weighted by atomic mass is 16.4. The van der Waals surface area contributed by atoms with Crippen LogP contribution in [-0.4, -0.2) is 102 Å². The summed E-state index contributed by atoms with van der Waals surface area (Å²) in [5, 5.41) is 9.21. The molecular formula is C21H36N4O3. The van der Waals surface area contributed by atoms with Gasteiger partial charge in [-0.05, 0) is 70.0 Å². The van der Waals surface area contributed by atoms with Crippen LogP contribution in [0.2, 0.25) is 0 Å². The predicted molar refractivity (Wildman–Crippen MR) is 107 cm³/mol. The summed E-state index contributed by atoms with van der Waals surface area (Å²) in [5.74, 6) is 0.271. The molecule has 0 radical (unpaired) electrons. The van der Waals surface area contributed by atoms with Crippen LogP contribution in [0.5, 0.6) is 0 Å².